The molecule has 1 fully saturated rings. The maximum atomic E-state index is 10.8. The topological polar surface area (TPSA) is 67.8 Å². The minimum Gasteiger partial charge on any atom is -0.478 e. The lowest BCUT2D eigenvalue weighted by Gasteiger charge is -2.23. The van der Waals surface area contributed by atoms with Crippen LogP contribution in [0.25, 0.3) is 0 Å². The van der Waals surface area contributed by atoms with Gasteiger partial charge in [0, 0.05) is 12.2 Å². The number of ether oxygens (including phenoxy) is 2. The molecule has 2 rings (SSSR count). The summed E-state index contributed by atoms with van der Waals surface area (Å²) in [5, 5.41) is 12.0. The summed E-state index contributed by atoms with van der Waals surface area (Å²) in [7, 11) is 0. The predicted molar refractivity (Wildman–Crippen MR) is 62.5 cm³/mol. The summed E-state index contributed by atoms with van der Waals surface area (Å²) >= 11 is 0. The summed E-state index contributed by atoms with van der Waals surface area (Å²) < 4.78 is 10.7. The summed E-state index contributed by atoms with van der Waals surface area (Å²) in [6, 6.07) is 6.71. The van der Waals surface area contributed by atoms with Crippen molar-refractivity contribution in [2.24, 2.45) is 0 Å². The molecule has 0 saturated carbocycles. The lowest BCUT2D eigenvalue weighted by atomic mass is 10.2. The van der Waals surface area contributed by atoms with Gasteiger partial charge < -0.3 is 19.9 Å². The molecule has 0 aliphatic carbocycles. The number of carboxylic acids is 1. The monoisotopic (exact) mass is 237 g/mol. The van der Waals surface area contributed by atoms with Gasteiger partial charge in [0.05, 0.1) is 31.5 Å². The Morgan fingerprint density at radius 3 is 3.06 bits per heavy atom. The predicted octanol–water partition coefficient (Wildman–Crippen LogP) is 1.21. The number of carboxylic acid groups (broad SMARTS) is 1. The summed E-state index contributed by atoms with van der Waals surface area (Å²) in [6.07, 6.45) is 0.0252. The Hall–Kier alpha value is -1.59. The summed E-state index contributed by atoms with van der Waals surface area (Å²) in [5.41, 5.74) is 1.05. The van der Waals surface area contributed by atoms with Gasteiger partial charge in [0.25, 0.3) is 0 Å². The highest BCUT2D eigenvalue weighted by Gasteiger charge is 2.13. The number of hydrogen-bond acceptors (Lipinski definition) is 4. The van der Waals surface area contributed by atoms with Crippen LogP contribution in [0.15, 0.2) is 24.3 Å². The molecule has 2 N–H and O–H groups in total. The number of anilines is 1. The summed E-state index contributed by atoms with van der Waals surface area (Å²) in [6.45, 7) is 2.45. The largest absolute Gasteiger partial charge is 0.478 e. The van der Waals surface area contributed by atoms with Crippen LogP contribution in [0.1, 0.15) is 10.4 Å². The number of rotatable bonds is 4. The summed E-state index contributed by atoms with van der Waals surface area (Å²) in [5.74, 6) is -0.925. The van der Waals surface area contributed by atoms with Gasteiger partial charge in [0.2, 0.25) is 0 Å². The van der Waals surface area contributed by atoms with Crippen molar-refractivity contribution in [3.8, 4) is 0 Å². The van der Waals surface area contributed by atoms with Crippen molar-refractivity contribution >= 4 is 11.7 Å². The molecule has 5 nitrogen and oxygen atoms in total. The van der Waals surface area contributed by atoms with Crippen LogP contribution in [0.5, 0.6) is 0 Å². The van der Waals surface area contributed by atoms with E-state index in [1.165, 1.54) is 0 Å². The standard InChI is InChI=1S/C12H15NO4/c14-12(15)9-2-1-3-10(6-9)13-7-11-8-16-4-5-17-11/h1-3,6,11,13H,4-5,7-8H2,(H,14,15). The Labute approximate surface area is 99.3 Å². The summed E-state index contributed by atoms with van der Waals surface area (Å²) in [4.78, 5) is 10.8. The zero-order valence-corrected chi connectivity index (χ0v) is 9.39. The highest BCUT2D eigenvalue weighted by Crippen LogP contribution is 2.11. The molecule has 0 bridgehead atoms. The lowest BCUT2D eigenvalue weighted by Crippen LogP contribution is -2.34. The Bertz CT molecular complexity index is 388. The minimum absolute atomic E-state index is 0.0252. The number of hydrogen-bond donors (Lipinski definition) is 2. The van der Waals surface area contributed by atoms with Gasteiger partial charge in [-0.2, -0.15) is 0 Å². The average Bonchev–Trinajstić information content (AvgIpc) is 2.38. The molecule has 0 amide bonds. The fraction of sp³-hybridized carbons (Fsp3) is 0.417. The van der Waals surface area contributed by atoms with Gasteiger partial charge >= 0.3 is 5.97 Å². The van der Waals surface area contributed by atoms with E-state index >= 15 is 0 Å². The molecule has 1 aromatic carbocycles. The van der Waals surface area contributed by atoms with Crippen LogP contribution in [0, 0.1) is 0 Å². The van der Waals surface area contributed by atoms with Gasteiger partial charge in [-0.25, -0.2) is 4.79 Å². The lowest BCUT2D eigenvalue weighted by molar-refractivity contribution is -0.0818. The molecule has 0 aromatic heterocycles. The molecule has 1 aliphatic heterocycles. The van der Waals surface area contributed by atoms with Crippen LogP contribution < -0.4 is 5.32 Å². The van der Waals surface area contributed by atoms with Crippen LogP contribution in [0.2, 0.25) is 0 Å². The fourth-order valence-electron chi connectivity index (χ4n) is 1.65. The van der Waals surface area contributed by atoms with Crippen molar-refractivity contribution in [2.75, 3.05) is 31.7 Å². The third-order valence-electron chi connectivity index (χ3n) is 2.53. The maximum Gasteiger partial charge on any atom is 0.335 e. The van der Waals surface area contributed by atoms with E-state index in [1.807, 2.05) is 6.07 Å². The molecule has 0 spiro atoms. The number of benzene rings is 1. The molecule has 1 aromatic rings. The Balaban J connectivity index is 1.89. The minimum atomic E-state index is -0.925. The van der Waals surface area contributed by atoms with Gasteiger partial charge in [-0.3, -0.25) is 0 Å². The van der Waals surface area contributed by atoms with Gasteiger partial charge in [-0.1, -0.05) is 6.07 Å². The van der Waals surface area contributed by atoms with Crippen molar-refractivity contribution < 1.29 is 19.4 Å². The second-order valence-corrected chi connectivity index (χ2v) is 3.83. The highest BCUT2D eigenvalue weighted by atomic mass is 16.6. The first kappa shape index (κ1) is 11.9. The first-order valence-electron chi connectivity index (χ1n) is 5.52. The second-order valence-electron chi connectivity index (χ2n) is 3.83. The van der Waals surface area contributed by atoms with Crippen molar-refractivity contribution in [3.05, 3.63) is 29.8 Å². The Morgan fingerprint density at radius 2 is 2.35 bits per heavy atom. The van der Waals surface area contributed by atoms with E-state index in [-0.39, 0.29) is 11.7 Å². The van der Waals surface area contributed by atoms with Gasteiger partial charge in [-0.15, -0.1) is 0 Å². The van der Waals surface area contributed by atoms with Crippen LogP contribution in [-0.4, -0.2) is 43.5 Å². The van der Waals surface area contributed by atoms with E-state index in [2.05, 4.69) is 5.32 Å². The van der Waals surface area contributed by atoms with Crippen LogP contribution in [0.3, 0.4) is 0 Å². The zero-order valence-electron chi connectivity index (χ0n) is 9.39. The van der Waals surface area contributed by atoms with Gasteiger partial charge in [-0.05, 0) is 18.2 Å². The van der Waals surface area contributed by atoms with Crippen molar-refractivity contribution in [2.45, 2.75) is 6.10 Å². The first-order valence-corrected chi connectivity index (χ1v) is 5.52. The van der Waals surface area contributed by atoms with Crippen molar-refractivity contribution in [1.82, 2.24) is 0 Å². The molecule has 17 heavy (non-hydrogen) atoms. The van der Waals surface area contributed by atoms with Crippen LogP contribution in [0.4, 0.5) is 5.69 Å². The number of aromatic carboxylic acids is 1. The normalized spacial score (nSPS) is 19.9. The molecule has 1 aliphatic rings. The number of carbonyl (C=O) groups is 1. The Morgan fingerprint density at radius 1 is 1.47 bits per heavy atom. The van der Waals surface area contributed by atoms with Crippen molar-refractivity contribution in [3.63, 3.8) is 0 Å². The third-order valence-corrected chi connectivity index (χ3v) is 2.53. The quantitative estimate of drug-likeness (QED) is 0.824. The smallest absolute Gasteiger partial charge is 0.335 e. The van der Waals surface area contributed by atoms with Gasteiger partial charge in [0.15, 0.2) is 0 Å². The molecule has 1 heterocycles. The molecule has 1 atom stereocenters. The van der Waals surface area contributed by atoms with E-state index in [0.29, 0.717) is 26.4 Å². The molecule has 0 radical (unpaired) electrons. The number of nitrogens with one attached hydrogen (secondary N) is 1. The molecule has 5 heteroatoms. The third kappa shape index (κ3) is 3.44. The molecule has 1 saturated heterocycles. The average molecular weight is 237 g/mol. The van der Waals surface area contributed by atoms with E-state index < -0.39 is 5.97 Å². The van der Waals surface area contributed by atoms with Gasteiger partial charge in [0.1, 0.15) is 0 Å². The van der Waals surface area contributed by atoms with E-state index in [4.69, 9.17) is 14.6 Å². The van der Waals surface area contributed by atoms with Crippen LogP contribution >= 0.6 is 0 Å². The van der Waals surface area contributed by atoms with Crippen LogP contribution in [-0.2, 0) is 9.47 Å². The van der Waals surface area contributed by atoms with Crippen molar-refractivity contribution in [1.29, 1.82) is 0 Å². The molecule has 92 valence electrons. The molecule has 1 unspecified atom stereocenters. The van der Waals surface area contributed by atoms with E-state index in [9.17, 15) is 4.79 Å². The first-order chi connectivity index (χ1) is 8.25. The van der Waals surface area contributed by atoms with E-state index in [1.54, 1.807) is 18.2 Å². The SMILES string of the molecule is O=C(O)c1cccc(NCC2COCCO2)c1. The second kappa shape index (κ2) is 5.65. The van der Waals surface area contributed by atoms with E-state index in [0.717, 1.165) is 5.69 Å². The zero-order chi connectivity index (χ0) is 12.1. The fourth-order valence-corrected chi connectivity index (χ4v) is 1.65. The molecular formula is C12H15NO4. The maximum absolute atomic E-state index is 10.8. The molecular weight excluding hydrogens is 222 g/mol. The highest BCUT2D eigenvalue weighted by molar-refractivity contribution is 5.88. The Kier molecular flexibility index (Phi) is 3.95.